The van der Waals surface area contributed by atoms with Crippen molar-refractivity contribution in [3.05, 3.63) is 113 Å². The van der Waals surface area contributed by atoms with E-state index < -0.39 is 29.5 Å². The van der Waals surface area contributed by atoms with E-state index in [9.17, 15) is 19.5 Å². The molecule has 6 heterocycles. The van der Waals surface area contributed by atoms with Gasteiger partial charge in [0.25, 0.3) is 0 Å². The fraction of sp³-hybridized carbons (Fsp3) is 0.458. The maximum Gasteiger partial charge on any atom is 0.322 e. The Morgan fingerprint density at radius 3 is 2.47 bits per heavy atom. The Balaban J connectivity index is 0.715. The quantitative estimate of drug-likeness (QED) is 0.0335. The van der Waals surface area contributed by atoms with Crippen molar-refractivity contribution in [3.8, 4) is 27.7 Å². The van der Waals surface area contributed by atoms with Crippen molar-refractivity contribution in [2.75, 3.05) is 63.2 Å². The molecule has 2 fully saturated rings. The van der Waals surface area contributed by atoms with Crippen LogP contribution >= 0.6 is 11.3 Å². The molecule has 0 spiro atoms. The maximum absolute atomic E-state index is 14.1. The molecule has 418 valence electrons. The molecule has 4 aromatic heterocycles. The summed E-state index contributed by atoms with van der Waals surface area (Å²) < 4.78 is 19.7. The van der Waals surface area contributed by atoms with E-state index in [1.54, 1.807) is 15.9 Å². The van der Waals surface area contributed by atoms with E-state index in [0.29, 0.717) is 38.3 Å². The summed E-state index contributed by atoms with van der Waals surface area (Å²) in [6.45, 7) is 17.6. The smallest absolute Gasteiger partial charge is 0.322 e. The summed E-state index contributed by atoms with van der Waals surface area (Å²) in [5.74, 6) is -0.360. The van der Waals surface area contributed by atoms with Crippen LogP contribution in [0, 0.1) is 12.3 Å². The van der Waals surface area contributed by atoms with Crippen molar-refractivity contribution >= 4 is 57.1 Å². The lowest BCUT2D eigenvalue weighted by Gasteiger charge is -2.35. The topological polar surface area (TPSA) is 231 Å². The van der Waals surface area contributed by atoms with Gasteiger partial charge in [-0.2, -0.15) is 19.6 Å². The van der Waals surface area contributed by atoms with Crippen LogP contribution in [0.25, 0.3) is 38.1 Å². The summed E-state index contributed by atoms with van der Waals surface area (Å²) in [6, 6.07) is 22.6. The Hall–Kier alpha value is -7.10. The van der Waals surface area contributed by atoms with Gasteiger partial charge < -0.3 is 50.8 Å². The molecule has 0 aliphatic carbocycles. The number of hydrogen-bond donors (Lipinski definition) is 6. The van der Waals surface area contributed by atoms with Crippen LogP contribution in [0.1, 0.15) is 102 Å². The fourth-order valence-electron chi connectivity index (χ4n) is 10.1. The number of aryl methyl sites for hydroxylation is 1. The van der Waals surface area contributed by atoms with E-state index in [1.165, 1.54) is 4.90 Å². The molecule has 79 heavy (non-hydrogen) atoms. The fourth-order valence-corrected chi connectivity index (χ4v) is 10.9. The number of rotatable bonds is 23. The average molecular weight is 1100 g/mol. The molecule has 0 saturated carbocycles. The molecule has 2 aliphatic rings. The van der Waals surface area contributed by atoms with Crippen LogP contribution in [0.5, 0.6) is 6.01 Å². The third-order valence-electron chi connectivity index (χ3n) is 14.5. The third kappa shape index (κ3) is 14.0. The highest BCUT2D eigenvalue weighted by atomic mass is 32.1. The Labute approximate surface area is 465 Å². The first-order chi connectivity index (χ1) is 38.1. The lowest BCUT2D eigenvalue weighted by molar-refractivity contribution is -0.144. The highest BCUT2D eigenvalue weighted by Crippen LogP contribution is 2.33. The van der Waals surface area contributed by atoms with Gasteiger partial charge in [-0.05, 0) is 84.8 Å². The number of carbonyl (C=O) groups is 3. The molecule has 9 rings (SSSR count). The molecule has 7 aromatic rings. The molecule has 6 N–H and O–H groups in total. The molecule has 0 bridgehead atoms. The number of anilines is 2. The third-order valence-corrected chi connectivity index (χ3v) is 15.5. The number of thiazole rings is 1. The summed E-state index contributed by atoms with van der Waals surface area (Å²) in [5.41, 5.74) is 9.67. The van der Waals surface area contributed by atoms with E-state index in [-0.39, 0.29) is 62.5 Å². The van der Waals surface area contributed by atoms with Gasteiger partial charge in [0.2, 0.25) is 23.7 Å². The summed E-state index contributed by atoms with van der Waals surface area (Å²) in [5, 5.41) is 33.8. The Morgan fingerprint density at radius 2 is 1.72 bits per heavy atom. The number of likely N-dealkylation sites (tertiary alicyclic amines) is 1. The van der Waals surface area contributed by atoms with Crippen molar-refractivity contribution in [1.29, 1.82) is 0 Å². The molecular weight excluding hydrogens is 1020 g/mol. The zero-order valence-electron chi connectivity index (χ0n) is 46.3. The summed E-state index contributed by atoms with van der Waals surface area (Å²) in [6.07, 6.45) is 4.94. The highest BCUT2D eigenvalue weighted by molar-refractivity contribution is 7.13. The zero-order chi connectivity index (χ0) is 55.6. The zero-order valence-corrected chi connectivity index (χ0v) is 47.1. The number of ether oxygens (including phenoxy) is 3. The van der Waals surface area contributed by atoms with E-state index in [4.69, 9.17) is 29.2 Å². The Bertz CT molecular complexity index is 3210. The lowest BCUT2D eigenvalue weighted by Crippen LogP contribution is -2.58. The van der Waals surface area contributed by atoms with Crippen LogP contribution in [0.2, 0.25) is 0 Å². The molecule has 3 amide bonds. The van der Waals surface area contributed by atoms with Crippen molar-refractivity contribution < 1.29 is 33.7 Å². The SMILES string of the molecule is Cc1ncsc1-c1ccc([C@H](C)NC(=O)[C@@H]2C[C@@H](O)CN2C(=O)[C@@H](NC(=O)CCOCCOCCNc2ccc3c(-c4ccccc4CNc4nc(O[C@@H]5CCCNC5)nc5c(C(C)C)cnn45)nccc3c2)C(C)(C)C)cc1. The molecule has 0 radical (unpaired) electrons. The number of fused-ring (bicyclic) bond motifs is 2. The van der Waals surface area contributed by atoms with Gasteiger partial charge in [0.05, 0.1) is 66.5 Å². The van der Waals surface area contributed by atoms with Crippen molar-refractivity contribution in [3.63, 3.8) is 0 Å². The first kappa shape index (κ1) is 56.6. The first-order valence-electron chi connectivity index (χ1n) is 27.4. The van der Waals surface area contributed by atoms with Gasteiger partial charge >= 0.3 is 6.01 Å². The van der Waals surface area contributed by atoms with Crippen LogP contribution in [0.3, 0.4) is 0 Å². The lowest BCUT2D eigenvalue weighted by atomic mass is 9.85. The van der Waals surface area contributed by atoms with Crippen LogP contribution in [0.15, 0.2) is 90.7 Å². The minimum atomic E-state index is -0.938. The predicted octanol–water partition coefficient (Wildman–Crippen LogP) is 7.84. The van der Waals surface area contributed by atoms with Gasteiger partial charge in [-0.1, -0.05) is 89.2 Å². The minimum Gasteiger partial charge on any atom is -0.459 e. The molecular formula is C59H74N12O7S. The number of hydrogen-bond acceptors (Lipinski definition) is 16. The molecule has 5 atom stereocenters. The van der Waals surface area contributed by atoms with Crippen molar-refractivity contribution in [2.24, 2.45) is 5.41 Å². The molecule has 3 aromatic carbocycles. The molecule has 2 saturated heterocycles. The van der Waals surface area contributed by atoms with Gasteiger partial charge in [0.1, 0.15) is 18.2 Å². The Kier molecular flexibility index (Phi) is 18.5. The number of β-amino-alcohol motifs (C(OH)–C–C–N with tert-alkyl or cyclic N) is 1. The monoisotopic (exact) mass is 1090 g/mol. The van der Waals surface area contributed by atoms with Crippen LogP contribution < -0.4 is 31.3 Å². The number of nitrogens with zero attached hydrogens (tertiary/aromatic N) is 7. The largest absolute Gasteiger partial charge is 0.459 e. The molecule has 2 aliphatic heterocycles. The van der Waals surface area contributed by atoms with Crippen LogP contribution in [0.4, 0.5) is 11.6 Å². The van der Waals surface area contributed by atoms with Crippen molar-refractivity contribution in [2.45, 2.75) is 117 Å². The number of aliphatic hydroxyl groups is 1. The van der Waals surface area contributed by atoms with Gasteiger partial charge in [-0.3, -0.25) is 19.4 Å². The van der Waals surface area contributed by atoms with Gasteiger partial charge in [-0.15, -0.1) is 11.3 Å². The van der Waals surface area contributed by atoms with Gasteiger partial charge in [0.15, 0.2) is 5.65 Å². The second-order valence-corrected chi connectivity index (χ2v) is 22.7. The van der Waals surface area contributed by atoms with Crippen LogP contribution in [-0.4, -0.2) is 134 Å². The van der Waals surface area contributed by atoms with Gasteiger partial charge in [-0.25, -0.2) is 4.98 Å². The molecule has 19 nitrogen and oxygen atoms in total. The molecule has 20 heteroatoms. The highest BCUT2D eigenvalue weighted by Gasteiger charge is 2.44. The van der Waals surface area contributed by atoms with E-state index in [1.807, 2.05) is 101 Å². The maximum atomic E-state index is 14.1. The second-order valence-electron chi connectivity index (χ2n) is 21.8. The van der Waals surface area contributed by atoms with Crippen molar-refractivity contribution in [1.82, 2.24) is 50.4 Å². The number of aliphatic hydroxyl groups excluding tert-OH is 1. The van der Waals surface area contributed by atoms with Crippen LogP contribution in [-0.2, 0) is 30.4 Å². The number of benzene rings is 3. The van der Waals surface area contributed by atoms with Gasteiger partial charge in [0, 0.05) is 67.4 Å². The number of nitrogens with one attached hydrogen (secondary N) is 5. The average Bonchev–Trinajstić information content (AvgIpc) is 4.33. The van der Waals surface area contributed by atoms with E-state index in [0.717, 1.165) is 92.1 Å². The summed E-state index contributed by atoms with van der Waals surface area (Å²) >= 11 is 1.58. The minimum absolute atomic E-state index is 0.00336. The van der Waals surface area contributed by atoms with E-state index >= 15 is 0 Å². The summed E-state index contributed by atoms with van der Waals surface area (Å²) in [4.78, 5) is 62.4. The number of pyridine rings is 1. The Morgan fingerprint density at radius 1 is 0.924 bits per heavy atom. The normalized spacial score (nSPS) is 17.5. The number of piperidine rings is 1. The number of aromatic nitrogens is 6. The summed E-state index contributed by atoms with van der Waals surface area (Å²) in [7, 11) is 0. The molecule has 0 unspecified atom stereocenters. The second kappa shape index (κ2) is 25.8. The number of carbonyl (C=O) groups excluding carboxylic acids is 3. The predicted molar refractivity (Wildman–Crippen MR) is 307 cm³/mol. The number of amides is 3. The first-order valence-corrected chi connectivity index (χ1v) is 28.3. The van der Waals surface area contributed by atoms with E-state index in [2.05, 4.69) is 74.8 Å². The standard InChI is InChI=1S/C59H74N12O7S/c1-36(2)48-33-65-71-54(48)68-58(78-45-12-10-22-60-32-45)69-57(71)63-31-42-11-8-9-13-46(42)51-47-19-18-43(29-41(47)20-23-62-51)61-24-26-77-28-27-76-25-21-50(73)67-53(59(5,6)7)56(75)70-34-44(72)30-49(70)55(74)66-37(3)39-14-16-40(17-15-39)52-38(4)64-35-79-52/h8-9,11,13-20,23,29,33,35-37,44-45,49,53,60-61,72H,10,12,21-22,24-28,30-32,34H2,1-7H3,(H,66,74)(H,67,73)(H,63,68,69)/t37-,44+,45+,49-,53+/m0/s1.